The molecule has 0 unspecified atom stereocenters. The van der Waals surface area contributed by atoms with Gasteiger partial charge in [-0.3, -0.25) is 4.79 Å². The van der Waals surface area contributed by atoms with Crippen LogP contribution in [0.25, 0.3) is 5.69 Å². The zero-order valence-electron chi connectivity index (χ0n) is 15.6. The van der Waals surface area contributed by atoms with Gasteiger partial charge < -0.3 is 5.32 Å². The third-order valence-electron chi connectivity index (χ3n) is 6.03. The minimum Gasteiger partial charge on any atom is -0.356 e. The first-order valence-electron chi connectivity index (χ1n) is 9.67. The van der Waals surface area contributed by atoms with Gasteiger partial charge in [0, 0.05) is 17.8 Å². The van der Waals surface area contributed by atoms with Gasteiger partial charge in [-0.05, 0) is 63.0 Å². The number of benzene rings is 1. The highest BCUT2D eigenvalue weighted by Crippen LogP contribution is 2.44. The number of rotatable bonds is 6. The van der Waals surface area contributed by atoms with Gasteiger partial charge in [0.1, 0.15) is 0 Å². The standard InChI is InChI=1S/C22H27N3O/c1-15-21(16(2)25(24-15)20-6-4-3-5-7-20)14-22(26)23-11-10-19-13-17-8-9-18(19)12-17/h3-9,17-19H,10-14H2,1-2H3,(H,23,26)/t17-,18+,19-/m1/s1. The lowest BCUT2D eigenvalue weighted by Gasteiger charge is -2.18. The molecule has 1 amide bonds. The topological polar surface area (TPSA) is 46.9 Å². The monoisotopic (exact) mass is 349 g/mol. The van der Waals surface area contributed by atoms with E-state index >= 15 is 0 Å². The Bertz CT molecular complexity index is 821. The van der Waals surface area contributed by atoms with Crippen LogP contribution in [-0.2, 0) is 11.2 Å². The molecule has 2 aliphatic rings. The van der Waals surface area contributed by atoms with Crippen molar-refractivity contribution in [2.24, 2.45) is 17.8 Å². The third kappa shape index (κ3) is 3.33. The molecular formula is C22H27N3O. The Hall–Kier alpha value is -2.36. The lowest BCUT2D eigenvalue weighted by molar-refractivity contribution is -0.120. The molecule has 1 aromatic carbocycles. The van der Waals surface area contributed by atoms with Crippen LogP contribution in [0.2, 0.25) is 0 Å². The minimum absolute atomic E-state index is 0.0995. The maximum absolute atomic E-state index is 12.4. The highest BCUT2D eigenvalue weighted by atomic mass is 16.1. The fourth-order valence-electron chi connectivity index (χ4n) is 4.60. The predicted molar refractivity (Wildman–Crippen MR) is 103 cm³/mol. The van der Waals surface area contributed by atoms with Crippen molar-refractivity contribution in [3.8, 4) is 5.69 Å². The first kappa shape index (κ1) is 17.1. The SMILES string of the molecule is Cc1nn(-c2ccccc2)c(C)c1CC(=O)NCC[C@@H]1C[C@@H]2C=C[C@H]1C2. The maximum atomic E-state index is 12.4. The molecule has 1 aromatic heterocycles. The fourth-order valence-corrected chi connectivity index (χ4v) is 4.60. The summed E-state index contributed by atoms with van der Waals surface area (Å²) < 4.78 is 1.93. The van der Waals surface area contributed by atoms with Crippen molar-refractivity contribution >= 4 is 5.91 Å². The number of hydrogen-bond donors (Lipinski definition) is 1. The van der Waals surface area contributed by atoms with Crippen LogP contribution < -0.4 is 5.32 Å². The molecule has 26 heavy (non-hydrogen) atoms. The Morgan fingerprint density at radius 2 is 2.00 bits per heavy atom. The molecule has 1 fully saturated rings. The number of carbonyl (C=O) groups excluding carboxylic acids is 1. The largest absolute Gasteiger partial charge is 0.356 e. The molecule has 0 aliphatic heterocycles. The minimum atomic E-state index is 0.0995. The van der Waals surface area contributed by atoms with Gasteiger partial charge in [0.25, 0.3) is 0 Å². The molecule has 0 saturated heterocycles. The van der Waals surface area contributed by atoms with Gasteiger partial charge in [-0.15, -0.1) is 0 Å². The highest BCUT2D eigenvalue weighted by Gasteiger charge is 2.34. The Kier molecular flexibility index (Phi) is 4.66. The molecule has 4 nitrogen and oxygen atoms in total. The number of aromatic nitrogens is 2. The zero-order chi connectivity index (χ0) is 18.1. The Balaban J connectivity index is 1.34. The molecule has 4 rings (SSSR count). The van der Waals surface area contributed by atoms with E-state index < -0.39 is 0 Å². The van der Waals surface area contributed by atoms with Crippen LogP contribution in [0.15, 0.2) is 42.5 Å². The summed E-state index contributed by atoms with van der Waals surface area (Å²) in [6.45, 7) is 4.80. The molecule has 2 aliphatic carbocycles. The van der Waals surface area contributed by atoms with E-state index in [4.69, 9.17) is 0 Å². The van der Waals surface area contributed by atoms with Gasteiger partial charge in [0.15, 0.2) is 0 Å². The summed E-state index contributed by atoms with van der Waals surface area (Å²) in [4.78, 5) is 12.4. The maximum Gasteiger partial charge on any atom is 0.224 e. The molecule has 1 saturated carbocycles. The van der Waals surface area contributed by atoms with Crippen molar-refractivity contribution in [2.45, 2.75) is 39.5 Å². The van der Waals surface area contributed by atoms with Gasteiger partial charge in [0.2, 0.25) is 5.91 Å². The summed E-state index contributed by atoms with van der Waals surface area (Å²) in [5.41, 5.74) is 4.04. The number of allylic oxidation sites excluding steroid dienone is 2. The first-order valence-corrected chi connectivity index (χ1v) is 9.67. The van der Waals surface area contributed by atoms with Gasteiger partial charge in [-0.25, -0.2) is 4.68 Å². The fraction of sp³-hybridized carbons (Fsp3) is 0.455. The Labute approximate surface area is 155 Å². The van der Waals surface area contributed by atoms with Crippen molar-refractivity contribution in [1.29, 1.82) is 0 Å². The number of aryl methyl sites for hydroxylation is 1. The molecular weight excluding hydrogens is 322 g/mol. The van der Waals surface area contributed by atoms with E-state index in [1.165, 1.54) is 12.8 Å². The molecule has 0 spiro atoms. The molecule has 1 heterocycles. The van der Waals surface area contributed by atoms with Crippen LogP contribution in [-0.4, -0.2) is 22.2 Å². The second-order valence-corrected chi connectivity index (χ2v) is 7.75. The quantitative estimate of drug-likeness (QED) is 0.808. The van der Waals surface area contributed by atoms with Crippen molar-refractivity contribution < 1.29 is 4.79 Å². The van der Waals surface area contributed by atoms with E-state index in [1.807, 2.05) is 48.9 Å². The number of amides is 1. The van der Waals surface area contributed by atoms with Gasteiger partial charge in [-0.1, -0.05) is 30.4 Å². The smallest absolute Gasteiger partial charge is 0.224 e. The molecule has 136 valence electrons. The van der Waals surface area contributed by atoms with Crippen LogP contribution in [0.4, 0.5) is 0 Å². The second kappa shape index (κ2) is 7.10. The van der Waals surface area contributed by atoms with E-state index in [9.17, 15) is 4.79 Å². The van der Waals surface area contributed by atoms with Crippen LogP contribution in [0, 0.1) is 31.6 Å². The summed E-state index contributed by atoms with van der Waals surface area (Å²) >= 11 is 0. The number of nitrogens with one attached hydrogen (secondary N) is 1. The summed E-state index contributed by atoms with van der Waals surface area (Å²) in [5, 5.41) is 7.75. The van der Waals surface area contributed by atoms with Gasteiger partial charge >= 0.3 is 0 Å². The van der Waals surface area contributed by atoms with Gasteiger partial charge in [0.05, 0.1) is 17.8 Å². The third-order valence-corrected chi connectivity index (χ3v) is 6.03. The zero-order valence-corrected chi connectivity index (χ0v) is 15.6. The molecule has 2 aromatic rings. The van der Waals surface area contributed by atoms with Crippen LogP contribution >= 0.6 is 0 Å². The van der Waals surface area contributed by atoms with Crippen LogP contribution in [0.3, 0.4) is 0 Å². The molecule has 2 bridgehead atoms. The first-order chi connectivity index (χ1) is 12.6. The number of carbonyl (C=O) groups is 1. The number of hydrogen-bond acceptors (Lipinski definition) is 2. The lowest BCUT2D eigenvalue weighted by atomic mass is 9.90. The molecule has 1 N–H and O–H groups in total. The van der Waals surface area contributed by atoms with E-state index in [2.05, 4.69) is 22.6 Å². The molecule has 0 radical (unpaired) electrons. The van der Waals surface area contributed by atoms with Crippen LogP contribution in [0.5, 0.6) is 0 Å². The van der Waals surface area contributed by atoms with Crippen molar-refractivity contribution in [3.05, 3.63) is 59.4 Å². The predicted octanol–water partition coefficient (Wildman–Crippen LogP) is 3.75. The Morgan fingerprint density at radius 3 is 2.69 bits per heavy atom. The molecule has 3 atom stereocenters. The summed E-state index contributed by atoms with van der Waals surface area (Å²) in [6, 6.07) is 10.1. The number of para-hydroxylation sites is 1. The second-order valence-electron chi connectivity index (χ2n) is 7.75. The summed E-state index contributed by atoms with van der Waals surface area (Å²) in [5.74, 6) is 2.41. The van der Waals surface area contributed by atoms with Crippen molar-refractivity contribution in [2.75, 3.05) is 6.54 Å². The van der Waals surface area contributed by atoms with E-state index in [1.54, 1.807) is 0 Å². The summed E-state index contributed by atoms with van der Waals surface area (Å²) in [7, 11) is 0. The lowest BCUT2D eigenvalue weighted by Crippen LogP contribution is -2.28. The van der Waals surface area contributed by atoms with E-state index in [0.717, 1.165) is 53.4 Å². The van der Waals surface area contributed by atoms with Gasteiger partial charge in [-0.2, -0.15) is 5.10 Å². The van der Waals surface area contributed by atoms with Crippen molar-refractivity contribution in [1.82, 2.24) is 15.1 Å². The number of nitrogens with zero attached hydrogens (tertiary/aromatic N) is 2. The van der Waals surface area contributed by atoms with E-state index in [0.29, 0.717) is 6.42 Å². The Morgan fingerprint density at radius 1 is 1.19 bits per heavy atom. The molecule has 4 heteroatoms. The average molecular weight is 349 g/mol. The van der Waals surface area contributed by atoms with E-state index in [-0.39, 0.29) is 5.91 Å². The van der Waals surface area contributed by atoms with Crippen LogP contribution in [0.1, 0.15) is 36.2 Å². The number of fused-ring (bicyclic) bond motifs is 2. The summed E-state index contributed by atoms with van der Waals surface area (Å²) in [6.07, 6.45) is 8.88. The average Bonchev–Trinajstić information content (AvgIpc) is 3.33. The van der Waals surface area contributed by atoms with Crippen molar-refractivity contribution in [3.63, 3.8) is 0 Å². The normalized spacial score (nSPS) is 23.5. The highest BCUT2D eigenvalue weighted by molar-refractivity contribution is 5.79.